The van der Waals surface area contributed by atoms with E-state index in [-0.39, 0.29) is 0 Å². The molecule has 0 aliphatic rings. The van der Waals surface area contributed by atoms with Crippen molar-refractivity contribution in [2.45, 2.75) is 24.9 Å². The number of rotatable bonds is 6. The molecule has 1 unspecified atom stereocenters. The first kappa shape index (κ1) is 12.1. The number of aryl methyl sites for hydroxylation is 1. The summed E-state index contributed by atoms with van der Waals surface area (Å²) < 4.78 is 2.07. The zero-order valence-electron chi connectivity index (χ0n) is 8.74. The van der Waals surface area contributed by atoms with Crippen molar-refractivity contribution in [1.29, 1.82) is 0 Å². The van der Waals surface area contributed by atoms with Crippen LogP contribution in [0.1, 0.15) is 19.8 Å². The van der Waals surface area contributed by atoms with Crippen LogP contribution >= 0.6 is 27.7 Å². The van der Waals surface area contributed by atoms with E-state index in [1.807, 2.05) is 31.2 Å². The molecule has 0 saturated carbocycles. The van der Waals surface area contributed by atoms with Crippen molar-refractivity contribution in [3.63, 3.8) is 0 Å². The highest BCUT2D eigenvalue weighted by atomic mass is 79.9. The van der Waals surface area contributed by atoms with Crippen molar-refractivity contribution in [2.75, 3.05) is 11.1 Å². The average Bonchev–Trinajstić information content (AvgIpc) is 2.59. The van der Waals surface area contributed by atoms with Gasteiger partial charge in [-0.2, -0.15) is 0 Å². The van der Waals surface area contributed by atoms with Crippen LogP contribution in [0.25, 0.3) is 0 Å². The molecule has 2 nitrogen and oxygen atoms in total. The SMILES string of the molecule is CCCC(CBr)CSc1nccn1C. The maximum Gasteiger partial charge on any atom is 0.167 e. The molecule has 1 heterocycles. The molecule has 0 fully saturated rings. The zero-order valence-corrected chi connectivity index (χ0v) is 11.1. The number of alkyl halides is 1. The van der Waals surface area contributed by atoms with Gasteiger partial charge >= 0.3 is 0 Å². The Morgan fingerprint density at radius 2 is 2.43 bits per heavy atom. The van der Waals surface area contributed by atoms with Crippen LogP contribution in [-0.4, -0.2) is 20.6 Å². The summed E-state index contributed by atoms with van der Waals surface area (Å²) >= 11 is 5.41. The number of hydrogen-bond acceptors (Lipinski definition) is 2. The van der Waals surface area contributed by atoms with Gasteiger partial charge in [-0.25, -0.2) is 4.98 Å². The Balaban J connectivity index is 2.35. The first-order valence-electron chi connectivity index (χ1n) is 4.94. The standard InChI is InChI=1S/C10H17BrN2S/c1-3-4-9(7-11)8-14-10-12-5-6-13(10)2/h5-6,9H,3-4,7-8H2,1-2H3. The first-order chi connectivity index (χ1) is 6.77. The predicted molar refractivity (Wildman–Crippen MR) is 66.1 cm³/mol. The van der Waals surface area contributed by atoms with Crippen LogP contribution in [0.5, 0.6) is 0 Å². The van der Waals surface area contributed by atoms with Gasteiger partial charge in [-0.3, -0.25) is 0 Å². The number of halogens is 1. The summed E-state index contributed by atoms with van der Waals surface area (Å²) in [6.45, 7) is 2.24. The molecule has 0 saturated heterocycles. The molecule has 14 heavy (non-hydrogen) atoms. The zero-order chi connectivity index (χ0) is 10.4. The van der Waals surface area contributed by atoms with Gasteiger partial charge < -0.3 is 4.57 Å². The van der Waals surface area contributed by atoms with Gasteiger partial charge in [0.2, 0.25) is 0 Å². The summed E-state index contributed by atoms with van der Waals surface area (Å²) in [7, 11) is 2.04. The maximum atomic E-state index is 4.29. The summed E-state index contributed by atoms with van der Waals surface area (Å²) in [5.41, 5.74) is 0. The third-order valence-corrected chi connectivity index (χ3v) is 4.35. The van der Waals surface area contributed by atoms with Gasteiger partial charge in [0.1, 0.15) is 0 Å². The fourth-order valence-electron chi connectivity index (χ4n) is 1.30. The summed E-state index contributed by atoms with van der Waals surface area (Å²) in [6, 6.07) is 0. The van der Waals surface area contributed by atoms with Gasteiger partial charge in [-0.15, -0.1) is 0 Å². The molecule has 1 rings (SSSR count). The van der Waals surface area contributed by atoms with Crippen molar-refractivity contribution in [3.8, 4) is 0 Å². The number of hydrogen-bond donors (Lipinski definition) is 0. The molecule has 0 bridgehead atoms. The molecular weight excluding hydrogens is 260 g/mol. The van der Waals surface area contributed by atoms with Crippen LogP contribution in [0.4, 0.5) is 0 Å². The van der Waals surface area contributed by atoms with Gasteiger partial charge in [0.15, 0.2) is 5.16 Å². The molecule has 0 N–H and O–H groups in total. The highest BCUT2D eigenvalue weighted by Crippen LogP contribution is 2.21. The van der Waals surface area contributed by atoms with Gasteiger partial charge in [0, 0.05) is 30.5 Å². The van der Waals surface area contributed by atoms with Gasteiger partial charge in [-0.05, 0) is 12.3 Å². The molecule has 80 valence electrons. The monoisotopic (exact) mass is 276 g/mol. The van der Waals surface area contributed by atoms with Crippen LogP contribution in [-0.2, 0) is 7.05 Å². The Morgan fingerprint density at radius 3 is 2.93 bits per heavy atom. The molecular formula is C10H17BrN2S. The summed E-state index contributed by atoms with van der Waals surface area (Å²) in [5.74, 6) is 1.92. The van der Waals surface area contributed by atoms with E-state index in [4.69, 9.17) is 0 Å². The van der Waals surface area contributed by atoms with Crippen LogP contribution in [0.2, 0.25) is 0 Å². The highest BCUT2D eigenvalue weighted by molar-refractivity contribution is 9.09. The Bertz CT molecular complexity index is 262. The van der Waals surface area contributed by atoms with Crippen molar-refractivity contribution < 1.29 is 0 Å². The predicted octanol–water partition coefficient (Wildman–Crippen LogP) is 3.32. The normalized spacial score (nSPS) is 13.1. The van der Waals surface area contributed by atoms with E-state index in [9.17, 15) is 0 Å². The summed E-state index contributed by atoms with van der Waals surface area (Å²) in [6.07, 6.45) is 6.40. The minimum Gasteiger partial charge on any atom is -0.329 e. The number of nitrogens with zero attached hydrogens (tertiary/aromatic N) is 2. The Morgan fingerprint density at radius 1 is 1.64 bits per heavy atom. The van der Waals surface area contributed by atoms with E-state index >= 15 is 0 Å². The van der Waals surface area contributed by atoms with Crippen LogP contribution in [0.3, 0.4) is 0 Å². The molecule has 4 heteroatoms. The minimum absolute atomic E-state index is 0.765. The third kappa shape index (κ3) is 3.65. The second-order valence-corrected chi connectivity index (χ2v) is 5.08. The second-order valence-electron chi connectivity index (χ2n) is 3.44. The minimum atomic E-state index is 0.765. The molecule has 0 aromatic carbocycles. The lowest BCUT2D eigenvalue weighted by atomic mass is 10.1. The van der Waals surface area contributed by atoms with Gasteiger partial charge in [0.25, 0.3) is 0 Å². The lowest BCUT2D eigenvalue weighted by Gasteiger charge is -2.11. The topological polar surface area (TPSA) is 17.8 Å². The molecule has 1 atom stereocenters. The van der Waals surface area contributed by atoms with Gasteiger partial charge in [0.05, 0.1) is 0 Å². The molecule has 0 aliphatic carbocycles. The number of aromatic nitrogens is 2. The van der Waals surface area contributed by atoms with E-state index in [0.29, 0.717) is 0 Å². The van der Waals surface area contributed by atoms with E-state index < -0.39 is 0 Å². The van der Waals surface area contributed by atoms with Crippen molar-refractivity contribution in [1.82, 2.24) is 9.55 Å². The lowest BCUT2D eigenvalue weighted by Crippen LogP contribution is -2.05. The van der Waals surface area contributed by atoms with E-state index in [1.54, 1.807) is 0 Å². The Hall–Kier alpha value is 0.0400. The van der Waals surface area contributed by atoms with Crippen molar-refractivity contribution in [2.24, 2.45) is 13.0 Å². The van der Waals surface area contributed by atoms with Crippen molar-refractivity contribution in [3.05, 3.63) is 12.4 Å². The number of imidazole rings is 1. The van der Waals surface area contributed by atoms with Crippen LogP contribution in [0.15, 0.2) is 17.6 Å². The molecule has 0 amide bonds. The number of thioether (sulfide) groups is 1. The maximum absolute atomic E-state index is 4.29. The Kier molecular flexibility index (Phi) is 5.63. The van der Waals surface area contributed by atoms with Crippen molar-refractivity contribution >= 4 is 27.7 Å². The molecule has 0 spiro atoms. The molecule has 1 aromatic heterocycles. The highest BCUT2D eigenvalue weighted by Gasteiger charge is 2.08. The molecule has 1 aromatic rings. The van der Waals surface area contributed by atoms with Gasteiger partial charge in [-0.1, -0.05) is 41.0 Å². The Labute approximate surface area is 98.6 Å². The van der Waals surface area contributed by atoms with Crippen LogP contribution in [0, 0.1) is 5.92 Å². The van der Waals surface area contributed by atoms with E-state index in [1.165, 1.54) is 12.8 Å². The average molecular weight is 277 g/mol. The van der Waals surface area contributed by atoms with E-state index in [0.717, 1.165) is 22.2 Å². The molecule has 0 radical (unpaired) electrons. The summed E-state index contributed by atoms with van der Waals surface area (Å²) in [5, 5.41) is 2.21. The first-order valence-corrected chi connectivity index (χ1v) is 7.04. The van der Waals surface area contributed by atoms with E-state index in [2.05, 4.69) is 32.4 Å². The summed E-state index contributed by atoms with van der Waals surface area (Å²) in [4.78, 5) is 4.29. The smallest absolute Gasteiger partial charge is 0.167 e. The largest absolute Gasteiger partial charge is 0.329 e. The quantitative estimate of drug-likeness (QED) is 0.586. The fraction of sp³-hybridized carbons (Fsp3) is 0.700. The fourth-order valence-corrected chi connectivity index (χ4v) is 3.22. The second kappa shape index (κ2) is 6.51. The lowest BCUT2D eigenvalue weighted by molar-refractivity contribution is 0.596. The molecule has 0 aliphatic heterocycles. The third-order valence-electron chi connectivity index (χ3n) is 2.14. The van der Waals surface area contributed by atoms with Crippen LogP contribution < -0.4 is 0 Å².